The molecule has 0 saturated heterocycles. The first kappa shape index (κ1) is 23.0. The van der Waals surface area contributed by atoms with E-state index in [9.17, 15) is 4.79 Å². The van der Waals surface area contributed by atoms with Crippen LogP contribution < -0.4 is 15.4 Å². The monoisotopic (exact) mass is 533 g/mol. The van der Waals surface area contributed by atoms with Crippen molar-refractivity contribution in [2.45, 2.75) is 13.8 Å². The average molecular weight is 534 g/mol. The number of hydrogen-bond donors (Lipinski definition) is 0. The molecule has 35 heavy (non-hydrogen) atoms. The molecule has 0 spiro atoms. The number of aryl methyl sites for hydroxylation is 1. The molecule has 0 bridgehead atoms. The highest BCUT2D eigenvalue weighted by molar-refractivity contribution is 9.10. The van der Waals surface area contributed by atoms with Gasteiger partial charge in [0, 0.05) is 28.6 Å². The van der Waals surface area contributed by atoms with Crippen molar-refractivity contribution in [1.82, 2.24) is 14.6 Å². The Morgan fingerprint density at radius 1 is 1.17 bits per heavy atom. The standard InChI is InChI=1S/C27H24BrN3O4/c1-3-33-27(32)19-6-4-7-21(14-19)31-18(2)10-11-23(31)26-22(28)8-5-9-25(26)34-17-30-13-12-24-20(16-30)15-29-35-24/h4-12,14-16H,3,13,17H2,1-2H3. The lowest BCUT2D eigenvalue weighted by molar-refractivity contribution is 0.0526. The molecule has 0 saturated carbocycles. The average Bonchev–Trinajstić information content (AvgIpc) is 3.49. The smallest absolute Gasteiger partial charge is 0.338 e. The summed E-state index contributed by atoms with van der Waals surface area (Å²) < 4.78 is 19.7. The maximum atomic E-state index is 12.3. The molecular formula is C27H24BrN3O4. The van der Waals surface area contributed by atoms with Crippen LogP contribution in [-0.2, 0) is 4.74 Å². The number of hydrogen-bond acceptors (Lipinski definition) is 6. The van der Waals surface area contributed by atoms with Gasteiger partial charge in [0.2, 0.25) is 0 Å². The first-order valence-corrected chi connectivity index (χ1v) is 12.1. The van der Waals surface area contributed by atoms with Crippen molar-refractivity contribution in [2.75, 3.05) is 19.9 Å². The van der Waals surface area contributed by atoms with Gasteiger partial charge in [-0.25, -0.2) is 4.79 Å². The van der Waals surface area contributed by atoms with Gasteiger partial charge < -0.3 is 23.5 Å². The fourth-order valence-electron chi connectivity index (χ4n) is 4.14. The second kappa shape index (κ2) is 9.84. The molecule has 178 valence electrons. The molecule has 5 rings (SSSR count). The summed E-state index contributed by atoms with van der Waals surface area (Å²) in [6.45, 7) is 5.20. The summed E-state index contributed by atoms with van der Waals surface area (Å²) in [4.78, 5) is 14.4. The van der Waals surface area contributed by atoms with Gasteiger partial charge in [0.25, 0.3) is 0 Å². The highest BCUT2D eigenvalue weighted by Crippen LogP contribution is 2.39. The Morgan fingerprint density at radius 2 is 2.03 bits per heavy atom. The molecule has 1 aliphatic rings. The number of benzene rings is 2. The zero-order valence-corrected chi connectivity index (χ0v) is 21.0. The molecule has 8 heteroatoms. The zero-order valence-electron chi connectivity index (χ0n) is 19.4. The van der Waals surface area contributed by atoms with E-state index in [1.807, 2.05) is 55.6 Å². The van der Waals surface area contributed by atoms with Crippen molar-refractivity contribution in [2.24, 2.45) is 0 Å². The molecule has 7 nitrogen and oxygen atoms in total. The summed E-state index contributed by atoms with van der Waals surface area (Å²) in [7, 11) is 0. The second-order valence-electron chi connectivity index (χ2n) is 8.10. The van der Waals surface area contributed by atoms with Crippen molar-refractivity contribution in [3.8, 4) is 22.7 Å². The summed E-state index contributed by atoms with van der Waals surface area (Å²) in [5.41, 5.74) is 5.06. The van der Waals surface area contributed by atoms with E-state index in [2.05, 4.69) is 42.7 Å². The Kier molecular flexibility index (Phi) is 6.46. The van der Waals surface area contributed by atoms with E-state index in [1.165, 1.54) is 0 Å². The van der Waals surface area contributed by atoms with E-state index in [0.29, 0.717) is 25.4 Å². The summed E-state index contributed by atoms with van der Waals surface area (Å²) in [5, 5.41) is 4.78. The summed E-state index contributed by atoms with van der Waals surface area (Å²) in [6.07, 6.45) is 5.67. The predicted molar refractivity (Wildman–Crippen MR) is 136 cm³/mol. The lowest BCUT2D eigenvalue weighted by Crippen LogP contribution is -2.34. The molecule has 0 N–H and O–H groups in total. The molecule has 0 aliphatic carbocycles. The lowest BCUT2D eigenvalue weighted by Gasteiger charge is -2.22. The predicted octanol–water partition coefficient (Wildman–Crippen LogP) is 4.25. The number of aromatic nitrogens is 2. The third-order valence-electron chi connectivity index (χ3n) is 5.77. The van der Waals surface area contributed by atoms with Gasteiger partial charge in [-0.2, -0.15) is 0 Å². The van der Waals surface area contributed by atoms with E-state index in [0.717, 1.165) is 43.5 Å². The Hall–Kier alpha value is -3.78. The van der Waals surface area contributed by atoms with Crippen LogP contribution in [0.25, 0.3) is 29.2 Å². The highest BCUT2D eigenvalue weighted by atomic mass is 79.9. The molecule has 0 unspecified atom stereocenters. The summed E-state index contributed by atoms with van der Waals surface area (Å²) in [5.74, 6) is 0.404. The van der Waals surface area contributed by atoms with Gasteiger partial charge in [0.05, 0.1) is 34.8 Å². The van der Waals surface area contributed by atoms with Gasteiger partial charge in [-0.15, -0.1) is 0 Å². The number of fused-ring (bicyclic) bond motifs is 1. The third-order valence-corrected chi connectivity index (χ3v) is 6.43. The number of rotatable bonds is 7. The van der Waals surface area contributed by atoms with Crippen LogP contribution in [0, 0.1) is 6.92 Å². The normalized spacial score (nSPS) is 12.5. The molecule has 2 aromatic carbocycles. The first-order valence-electron chi connectivity index (χ1n) is 11.3. The van der Waals surface area contributed by atoms with Gasteiger partial charge in [0.1, 0.15) is 5.75 Å². The Morgan fingerprint density at radius 3 is 2.89 bits per heavy atom. The van der Waals surface area contributed by atoms with Crippen molar-refractivity contribution in [3.05, 3.63) is 87.2 Å². The largest absolute Gasteiger partial charge is 0.472 e. The van der Waals surface area contributed by atoms with Gasteiger partial charge in [-0.3, -0.25) is 0 Å². The van der Waals surface area contributed by atoms with Crippen molar-refractivity contribution >= 4 is 34.2 Å². The third kappa shape index (κ3) is 4.61. The number of carbonyl (C=O) groups is 1. The van der Waals surface area contributed by atoms with Gasteiger partial charge in [-0.1, -0.05) is 17.3 Å². The number of carbonyl (C=O) groups excluding carboxylic acids is 1. The topological polar surface area (TPSA) is 69.7 Å². The van der Waals surface area contributed by atoms with Crippen molar-refractivity contribution in [1.29, 1.82) is 0 Å². The van der Waals surface area contributed by atoms with E-state index >= 15 is 0 Å². The molecule has 4 aromatic rings. The van der Waals surface area contributed by atoms with Crippen molar-refractivity contribution < 1.29 is 18.8 Å². The van der Waals surface area contributed by atoms with Gasteiger partial charge in [-0.05, 0) is 78.3 Å². The molecule has 0 radical (unpaired) electrons. The lowest BCUT2D eigenvalue weighted by atomic mass is 10.1. The van der Waals surface area contributed by atoms with Crippen LogP contribution in [0.5, 0.6) is 5.75 Å². The first-order chi connectivity index (χ1) is 17.0. The van der Waals surface area contributed by atoms with Crippen LogP contribution in [0.3, 0.4) is 0 Å². The molecule has 1 aliphatic heterocycles. The summed E-state index contributed by atoms with van der Waals surface area (Å²) >= 11 is 3.72. The van der Waals surface area contributed by atoms with E-state index in [1.54, 1.807) is 19.2 Å². The molecule has 0 atom stereocenters. The van der Waals surface area contributed by atoms with E-state index < -0.39 is 0 Å². The van der Waals surface area contributed by atoms with Crippen LogP contribution in [0.15, 0.2) is 69.8 Å². The van der Waals surface area contributed by atoms with Crippen LogP contribution >= 0.6 is 15.9 Å². The van der Waals surface area contributed by atoms with Crippen molar-refractivity contribution in [3.63, 3.8) is 0 Å². The molecular weight excluding hydrogens is 510 g/mol. The summed E-state index contributed by atoms with van der Waals surface area (Å²) in [6, 6.07) is 17.5. The molecule has 2 aromatic heterocycles. The Labute approximate surface area is 211 Å². The maximum Gasteiger partial charge on any atom is 0.338 e. The van der Waals surface area contributed by atoms with Crippen LogP contribution in [-0.4, -0.2) is 40.5 Å². The fourth-order valence-corrected chi connectivity index (χ4v) is 4.69. The van der Waals surface area contributed by atoms with E-state index in [-0.39, 0.29) is 5.97 Å². The van der Waals surface area contributed by atoms with Crippen LogP contribution in [0.1, 0.15) is 23.0 Å². The Balaban J connectivity index is 1.49. The maximum absolute atomic E-state index is 12.3. The fraction of sp³-hybridized carbons (Fsp3) is 0.185. The number of ether oxygens (including phenoxy) is 2. The molecule has 0 fully saturated rings. The Bertz CT molecular complexity index is 1500. The second-order valence-corrected chi connectivity index (χ2v) is 8.96. The minimum absolute atomic E-state index is 0.332. The quantitative estimate of drug-likeness (QED) is 0.331. The number of halogens is 1. The minimum Gasteiger partial charge on any atom is -0.472 e. The van der Waals surface area contributed by atoms with Gasteiger partial charge in [0.15, 0.2) is 12.1 Å². The zero-order chi connectivity index (χ0) is 24.4. The molecule has 3 heterocycles. The van der Waals surface area contributed by atoms with Crippen LogP contribution in [0.4, 0.5) is 0 Å². The molecule has 0 amide bonds. The highest BCUT2D eigenvalue weighted by Gasteiger charge is 2.19. The number of nitrogens with zero attached hydrogens (tertiary/aromatic N) is 3. The number of esters is 1. The van der Waals surface area contributed by atoms with Crippen LogP contribution in [0.2, 0.25) is 0 Å². The SMILES string of the molecule is CCOC(=O)c1cccc(-n2c(C)ccc2-c2c(Br)cccc2OCN2C=c3cnoc3=CC2)c1. The van der Waals surface area contributed by atoms with E-state index in [4.69, 9.17) is 14.0 Å². The minimum atomic E-state index is -0.337. The van der Waals surface area contributed by atoms with Gasteiger partial charge >= 0.3 is 5.97 Å².